The highest BCUT2D eigenvalue weighted by Crippen LogP contribution is 2.41. The minimum atomic E-state index is -0.429. The highest BCUT2D eigenvalue weighted by Gasteiger charge is 2.49. The van der Waals surface area contributed by atoms with Gasteiger partial charge in [0.05, 0.1) is 22.7 Å². The topological polar surface area (TPSA) is 73.2 Å². The Hall–Kier alpha value is -2.35. The molecule has 0 aromatic heterocycles. The second kappa shape index (κ2) is 4.64. The molecule has 1 aliphatic heterocycles. The fourth-order valence-electron chi connectivity index (χ4n) is 3.09. The van der Waals surface area contributed by atoms with E-state index in [1.54, 1.807) is 24.3 Å². The van der Waals surface area contributed by atoms with Crippen molar-refractivity contribution in [2.24, 2.45) is 5.41 Å². The lowest BCUT2D eigenvalue weighted by atomic mass is 9.83. The summed E-state index contributed by atoms with van der Waals surface area (Å²) in [5.74, 6) is -0.108. The molecule has 20 heavy (non-hydrogen) atoms. The average Bonchev–Trinajstić information content (AvgIpc) is 2.94. The van der Waals surface area contributed by atoms with Gasteiger partial charge in [-0.15, -0.1) is 0 Å². The Balaban J connectivity index is 1.95. The maximum atomic E-state index is 12.7. The molecule has 5 nitrogen and oxygen atoms in total. The fraction of sp³-hybridized carbons (Fsp3) is 0.400. The van der Waals surface area contributed by atoms with Crippen molar-refractivity contribution < 1.29 is 9.59 Å². The lowest BCUT2D eigenvalue weighted by Gasteiger charge is -2.38. The quantitative estimate of drug-likeness (QED) is 0.849. The van der Waals surface area contributed by atoms with E-state index >= 15 is 0 Å². The zero-order chi connectivity index (χ0) is 14.2. The van der Waals surface area contributed by atoms with Crippen molar-refractivity contribution in [3.63, 3.8) is 0 Å². The number of nitrogens with zero attached hydrogens (tertiary/aromatic N) is 2. The van der Waals surface area contributed by atoms with Gasteiger partial charge in [-0.05, 0) is 37.1 Å². The number of carbonyl (C=O) groups excluding carboxylic acids is 2. The summed E-state index contributed by atoms with van der Waals surface area (Å²) < 4.78 is 0. The van der Waals surface area contributed by atoms with Crippen molar-refractivity contribution in [2.45, 2.75) is 25.7 Å². The molecule has 1 saturated heterocycles. The van der Waals surface area contributed by atoms with Gasteiger partial charge >= 0.3 is 6.03 Å². The summed E-state index contributed by atoms with van der Waals surface area (Å²) in [4.78, 5) is 26.0. The monoisotopic (exact) mass is 269 g/mol. The van der Waals surface area contributed by atoms with Gasteiger partial charge in [-0.25, -0.2) is 9.69 Å². The molecule has 3 amide bonds. The molecular formula is C15H15N3O2. The number of hydrogen-bond acceptors (Lipinski definition) is 3. The smallest absolute Gasteiger partial charge is 0.328 e. The first-order valence-electron chi connectivity index (χ1n) is 6.79. The van der Waals surface area contributed by atoms with E-state index in [4.69, 9.17) is 5.26 Å². The van der Waals surface area contributed by atoms with Crippen LogP contribution in [0.2, 0.25) is 0 Å². The van der Waals surface area contributed by atoms with Gasteiger partial charge in [-0.1, -0.05) is 12.8 Å². The Morgan fingerprint density at radius 1 is 1.15 bits per heavy atom. The molecule has 1 aromatic rings. The Kier molecular flexibility index (Phi) is 2.94. The summed E-state index contributed by atoms with van der Waals surface area (Å²) in [5.41, 5.74) is 0.605. The highest BCUT2D eigenvalue weighted by atomic mass is 16.2. The van der Waals surface area contributed by atoms with E-state index in [-0.39, 0.29) is 11.9 Å². The minimum absolute atomic E-state index is 0.108. The first-order chi connectivity index (χ1) is 9.66. The zero-order valence-corrected chi connectivity index (χ0v) is 11.1. The molecule has 1 aliphatic carbocycles. The van der Waals surface area contributed by atoms with E-state index in [9.17, 15) is 9.59 Å². The first kappa shape index (κ1) is 12.7. The Morgan fingerprint density at radius 3 is 2.40 bits per heavy atom. The number of imide groups is 1. The lowest BCUT2D eigenvalue weighted by molar-refractivity contribution is -0.127. The summed E-state index contributed by atoms with van der Waals surface area (Å²) in [5, 5.41) is 11.6. The summed E-state index contributed by atoms with van der Waals surface area (Å²) >= 11 is 0. The Morgan fingerprint density at radius 2 is 1.80 bits per heavy atom. The number of nitrogens with one attached hydrogen (secondary N) is 1. The fourth-order valence-corrected chi connectivity index (χ4v) is 3.09. The summed E-state index contributed by atoms with van der Waals surface area (Å²) in [6.07, 6.45) is 3.73. The molecule has 1 heterocycles. The molecule has 3 rings (SSSR count). The first-order valence-corrected chi connectivity index (χ1v) is 6.79. The van der Waals surface area contributed by atoms with Crippen molar-refractivity contribution in [3.05, 3.63) is 29.8 Å². The van der Waals surface area contributed by atoms with E-state index < -0.39 is 5.41 Å². The van der Waals surface area contributed by atoms with Crippen LogP contribution < -0.4 is 10.2 Å². The van der Waals surface area contributed by atoms with Gasteiger partial charge in [0, 0.05) is 6.54 Å². The molecule has 1 N–H and O–H groups in total. The van der Waals surface area contributed by atoms with E-state index in [1.165, 1.54) is 4.90 Å². The molecule has 2 aliphatic rings. The standard InChI is InChI=1S/C15H15N3O2/c16-9-11-3-5-12(6-4-11)18-13(19)15(7-1-2-8-15)10-17-14(18)20/h3-6H,1-2,7-8,10H2,(H,17,20). The normalized spacial score (nSPS) is 20.9. The van der Waals surface area contributed by atoms with Gasteiger partial charge < -0.3 is 5.32 Å². The van der Waals surface area contributed by atoms with Crippen LogP contribution in [0, 0.1) is 16.7 Å². The Bertz CT molecular complexity index is 595. The predicted octanol–water partition coefficient (Wildman–Crippen LogP) is 2.17. The van der Waals surface area contributed by atoms with Crippen LogP contribution in [0.25, 0.3) is 0 Å². The number of anilines is 1. The number of benzene rings is 1. The number of hydrogen-bond donors (Lipinski definition) is 1. The maximum Gasteiger partial charge on any atom is 0.328 e. The summed E-state index contributed by atoms with van der Waals surface area (Å²) in [7, 11) is 0. The second-order valence-corrected chi connectivity index (χ2v) is 5.45. The van der Waals surface area contributed by atoms with Crippen LogP contribution in [-0.4, -0.2) is 18.5 Å². The SMILES string of the molecule is N#Cc1ccc(N2C(=O)NCC3(CCCC3)C2=O)cc1. The van der Waals surface area contributed by atoms with Crippen molar-refractivity contribution in [3.8, 4) is 6.07 Å². The minimum Gasteiger partial charge on any atom is -0.336 e. The molecule has 1 spiro atoms. The molecule has 102 valence electrons. The van der Waals surface area contributed by atoms with Crippen LogP contribution >= 0.6 is 0 Å². The summed E-state index contributed by atoms with van der Waals surface area (Å²) in [6, 6.07) is 8.17. The molecule has 1 saturated carbocycles. The van der Waals surface area contributed by atoms with E-state index in [2.05, 4.69) is 5.32 Å². The molecule has 0 atom stereocenters. The van der Waals surface area contributed by atoms with E-state index in [0.717, 1.165) is 25.7 Å². The van der Waals surface area contributed by atoms with Crippen molar-refractivity contribution in [2.75, 3.05) is 11.4 Å². The van der Waals surface area contributed by atoms with Crippen LogP contribution in [0.3, 0.4) is 0 Å². The third-order valence-electron chi connectivity index (χ3n) is 4.25. The van der Waals surface area contributed by atoms with Crippen LogP contribution in [0.5, 0.6) is 0 Å². The van der Waals surface area contributed by atoms with Gasteiger partial charge in [0.2, 0.25) is 5.91 Å². The van der Waals surface area contributed by atoms with Crippen LogP contribution in [0.4, 0.5) is 10.5 Å². The maximum absolute atomic E-state index is 12.7. The van der Waals surface area contributed by atoms with Crippen molar-refractivity contribution in [1.29, 1.82) is 5.26 Å². The highest BCUT2D eigenvalue weighted by molar-refractivity contribution is 6.18. The Labute approximate surface area is 117 Å². The third kappa shape index (κ3) is 1.85. The van der Waals surface area contributed by atoms with Gasteiger partial charge in [0.15, 0.2) is 0 Å². The molecule has 0 bridgehead atoms. The van der Waals surface area contributed by atoms with Gasteiger partial charge in [0.1, 0.15) is 0 Å². The van der Waals surface area contributed by atoms with Crippen LogP contribution in [0.15, 0.2) is 24.3 Å². The zero-order valence-electron chi connectivity index (χ0n) is 11.1. The van der Waals surface area contributed by atoms with Crippen LogP contribution in [0.1, 0.15) is 31.2 Å². The molecule has 1 aromatic carbocycles. The number of amides is 3. The summed E-state index contributed by atoms with van der Waals surface area (Å²) in [6.45, 7) is 0.442. The molecule has 0 unspecified atom stereocenters. The molecule has 5 heteroatoms. The van der Waals surface area contributed by atoms with E-state index in [1.807, 2.05) is 6.07 Å². The van der Waals surface area contributed by atoms with Crippen LogP contribution in [-0.2, 0) is 4.79 Å². The average molecular weight is 269 g/mol. The number of carbonyl (C=O) groups is 2. The number of rotatable bonds is 1. The third-order valence-corrected chi connectivity index (χ3v) is 4.25. The largest absolute Gasteiger partial charge is 0.336 e. The predicted molar refractivity (Wildman–Crippen MR) is 72.9 cm³/mol. The molecule has 0 radical (unpaired) electrons. The van der Waals surface area contributed by atoms with Gasteiger partial charge in [-0.3, -0.25) is 4.79 Å². The van der Waals surface area contributed by atoms with Crippen molar-refractivity contribution in [1.82, 2.24) is 5.32 Å². The van der Waals surface area contributed by atoms with Crippen molar-refractivity contribution >= 4 is 17.6 Å². The lowest BCUT2D eigenvalue weighted by Crippen LogP contribution is -2.60. The number of urea groups is 1. The second-order valence-electron chi connectivity index (χ2n) is 5.45. The van der Waals surface area contributed by atoms with Gasteiger partial charge in [0.25, 0.3) is 0 Å². The molecular weight excluding hydrogens is 254 g/mol. The van der Waals surface area contributed by atoms with E-state index in [0.29, 0.717) is 17.8 Å². The molecule has 2 fully saturated rings. The van der Waals surface area contributed by atoms with Gasteiger partial charge in [-0.2, -0.15) is 5.26 Å². The number of nitriles is 1.